The van der Waals surface area contributed by atoms with Gasteiger partial charge in [0.05, 0.1) is 11.3 Å². The highest BCUT2D eigenvalue weighted by atomic mass is 79.9. The minimum Gasteiger partial charge on any atom is -0.323 e. The quantitative estimate of drug-likeness (QED) is 0.901. The number of aromatic nitrogens is 3. The van der Waals surface area contributed by atoms with Gasteiger partial charge in [-0.1, -0.05) is 15.9 Å². The molecule has 0 radical (unpaired) electrons. The first-order valence-electron chi connectivity index (χ1n) is 4.62. The molecule has 0 bridgehead atoms. The summed E-state index contributed by atoms with van der Waals surface area (Å²) in [7, 11) is 0. The third kappa shape index (κ3) is 3.07. The normalized spacial score (nSPS) is 9.89. The van der Waals surface area contributed by atoms with Gasteiger partial charge in [-0.2, -0.15) is 20.2 Å². The molecule has 0 aliphatic carbocycles. The fourth-order valence-corrected chi connectivity index (χ4v) is 1.94. The lowest BCUT2D eigenvalue weighted by Crippen LogP contribution is -2.00. The van der Waals surface area contributed by atoms with Gasteiger partial charge in [-0.25, -0.2) is 0 Å². The van der Waals surface area contributed by atoms with E-state index in [0.717, 1.165) is 4.47 Å². The molecule has 1 N–H and O–H groups in total. The summed E-state index contributed by atoms with van der Waals surface area (Å²) in [6.45, 7) is 0. The number of nitrogens with one attached hydrogen (secondary N) is 1. The molecule has 90 valence electrons. The molecule has 0 aliphatic rings. The number of hydrogen-bond donors (Lipinski definition) is 1. The van der Waals surface area contributed by atoms with E-state index in [1.54, 1.807) is 18.2 Å². The molecule has 8 heteroatoms. The second-order valence-corrected chi connectivity index (χ2v) is 4.72. The topological polar surface area (TPSA) is 74.5 Å². The van der Waals surface area contributed by atoms with Crippen LogP contribution in [-0.4, -0.2) is 15.0 Å². The van der Waals surface area contributed by atoms with Gasteiger partial charge in [0.25, 0.3) is 0 Å². The molecule has 0 saturated carbocycles. The zero-order valence-corrected chi connectivity index (χ0v) is 11.8. The minimum atomic E-state index is -0.0203. The summed E-state index contributed by atoms with van der Waals surface area (Å²) in [6.07, 6.45) is 0. The molecule has 1 aromatic heterocycles. The van der Waals surface area contributed by atoms with Crippen LogP contribution in [0.2, 0.25) is 10.6 Å². The van der Waals surface area contributed by atoms with Crippen molar-refractivity contribution >= 4 is 50.8 Å². The molecular weight excluding hydrogens is 341 g/mol. The van der Waals surface area contributed by atoms with Gasteiger partial charge in [-0.3, -0.25) is 0 Å². The van der Waals surface area contributed by atoms with E-state index >= 15 is 0 Å². The fraction of sp³-hybridized carbons (Fsp3) is 0. The lowest BCUT2D eigenvalue weighted by molar-refractivity contribution is 1.05. The Bertz CT molecular complexity index is 620. The van der Waals surface area contributed by atoms with Crippen molar-refractivity contribution in [2.24, 2.45) is 0 Å². The summed E-state index contributed by atoms with van der Waals surface area (Å²) in [6, 6.07) is 7.23. The number of benzene rings is 1. The Morgan fingerprint density at radius 1 is 1.17 bits per heavy atom. The second kappa shape index (κ2) is 5.48. The molecule has 2 aromatic rings. The van der Waals surface area contributed by atoms with Gasteiger partial charge >= 0.3 is 0 Å². The van der Waals surface area contributed by atoms with Crippen LogP contribution in [0.25, 0.3) is 0 Å². The van der Waals surface area contributed by atoms with Crippen molar-refractivity contribution in [3.63, 3.8) is 0 Å². The standard InChI is InChI=1S/C10H4BrCl2N5/c11-6-1-2-7(5(3-6)4-14)15-10-17-8(12)16-9(13)18-10/h1-3H,(H,15,16,17,18). The van der Waals surface area contributed by atoms with Crippen molar-refractivity contribution in [1.29, 1.82) is 5.26 Å². The number of nitrogens with zero attached hydrogens (tertiary/aromatic N) is 4. The van der Waals surface area contributed by atoms with Crippen molar-refractivity contribution in [2.75, 3.05) is 5.32 Å². The van der Waals surface area contributed by atoms with Crippen LogP contribution in [0, 0.1) is 11.3 Å². The average Bonchev–Trinajstić information content (AvgIpc) is 2.30. The van der Waals surface area contributed by atoms with Crippen molar-refractivity contribution in [3.8, 4) is 6.07 Å². The molecule has 0 unspecified atom stereocenters. The Balaban J connectivity index is 2.37. The van der Waals surface area contributed by atoms with Gasteiger partial charge in [0.2, 0.25) is 16.5 Å². The zero-order valence-electron chi connectivity index (χ0n) is 8.65. The van der Waals surface area contributed by atoms with Gasteiger partial charge in [-0.15, -0.1) is 0 Å². The summed E-state index contributed by atoms with van der Waals surface area (Å²) in [5, 5.41) is 11.8. The predicted molar refractivity (Wildman–Crippen MR) is 72.0 cm³/mol. The Kier molecular flexibility index (Phi) is 3.97. The molecule has 0 saturated heterocycles. The summed E-state index contributed by atoms with van der Waals surface area (Å²) < 4.78 is 0.802. The summed E-state index contributed by atoms with van der Waals surface area (Å²) in [5.41, 5.74) is 0.996. The lowest BCUT2D eigenvalue weighted by atomic mass is 10.2. The molecule has 18 heavy (non-hydrogen) atoms. The third-order valence-corrected chi connectivity index (χ3v) is 2.76. The molecule has 0 fully saturated rings. The van der Waals surface area contributed by atoms with E-state index in [2.05, 4.69) is 42.3 Å². The largest absolute Gasteiger partial charge is 0.323 e. The van der Waals surface area contributed by atoms with Crippen molar-refractivity contribution in [1.82, 2.24) is 15.0 Å². The molecule has 0 atom stereocenters. The monoisotopic (exact) mass is 343 g/mol. The number of nitriles is 1. The Hall–Kier alpha value is -1.42. The lowest BCUT2D eigenvalue weighted by Gasteiger charge is -2.06. The summed E-state index contributed by atoms with van der Waals surface area (Å²) >= 11 is 14.6. The summed E-state index contributed by atoms with van der Waals surface area (Å²) in [5.74, 6) is 0.179. The van der Waals surface area contributed by atoms with E-state index in [-0.39, 0.29) is 16.5 Å². The Labute approximate surface area is 121 Å². The van der Waals surface area contributed by atoms with E-state index in [1.165, 1.54) is 0 Å². The zero-order chi connectivity index (χ0) is 13.1. The molecule has 0 amide bonds. The summed E-state index contributed by atoms with van der Waals surface area (Å²) in [4.78, 5) is 11.3. The second-order valence-electron chi connectivity index (χ2n) is 3.12. The van der Waals surface area contributed by atoms with E-state index in [0.29, 0.717) is 11.3 Å². The van der Waals surface area contributed by atoms with Gasteiger partial charge in [0, 0.05) is 4.47 Å². The Morgan fingerprint density at radius 3 is 2.44 bits per heavy atom. The maximum Gasteiger partial charge on any atom is 0.232 e. The highest BCUT2D eigenvalue weighted by Crippen LogP contribution is 2.23. The number of anilines is 2. The van der Waals surface area contributed by atoms with E-state index in [4.69, 9.17) is 28.5 Å². The molecule has 0 spiro atoms. The van der Waals surface area contributed by atoms with Crippen molar-refractivity contribution < 1.29 is 0 Å². The van der Waals surface area contributed by atoms with E-state index in [9.17, 15) is 0 Å². The molecule has 5 nitrogen and oxygen atoms in total. The first-order chi connectivity index (χ1) is 8.58. The molecule has 2 rings (SSSR count). The van der Waals surface area contributed by atoms with E-state index < -0.39 is 0 Å². The van der Waals surface area contributed by atoms with Gasteiger partial charge in [-0.05, 0) is 41.4 Å². The van der Waals surface area contributed by atoms with Crippen LogP contribution >= 0.6 is 39.1 Å². The highest BCUT2D eigenvalue weighted by molar-refractivity contribution is 9.10. The van der Waals surface area contributed by atoms with Crippen LogP contribution in [-0.2, 0) is 0 Å². The minimum absolute atomic E-state index is 0.0203. The van der Waals surface area contributed by atoms with Gasteiger partial charge < -0.3 is 5.32 Å². The fourth-order valence-electron chi connectivity index (χ4n) is 1.22. The number of rotatable bonds is 2. The molecule has 1 aromatic carbocycles. The van der Waals surface area contributed by atoms with Gasteiger partial charge in [0.15, 0.2) is 0 Å². The Morgan fingerprint density at radius 2 is 1.83 bits per heavy atom. The van der Waals surface area contributed by atoms with Crippen LogP contribution in [0.5, 0.6) is 0 Å². The van der Waals surface area contributed by atoms with E-state index in [1.807, 2.05) is 0 Å². The first-order valence-corrected chi connectivity index (χ1v) is 6.17. The van der Waals surface area contributed by atoms with Crippen LogP contribution < -0.4 is 5.32 Å². The van der Waals surface area contributed by atoms with Crippen molar-refractivity contribution in [3.05, 3.63) is 38.8 Å². The number of halogens is 3. The highest BCUT2D eigenvalue weighted by Gasteiger charge is 2.07. The average molecular weight is 345 g/mol. The SMILES string of the molecule is N#Cc1cc(Br)ccc1Nc1nc(Cl)nc(Cl)n1. The smallest absolute Gasteiger partial charge is 0.232 e. The molecule has 1 heterocycles. The maximum atomic E-state index is 9.01. The third-order valence-electron chi connectivity index (χ3n) is 1.93. The molecule has 0 aliphatic heterocycles. The van der Waals surface area contributed by atoms with Crippen LogP contribution in [0.15, 0.2) is 22.7 Å². The van der Waals surface area contributed by atoms with Gasteiger partial charge in [0.1, 0.15) is 6.07 Å². The molecular formula is C10H4BrCl2N5. The van der Waals surface area contributed by atoms with Crippen LogP contribution in [0.4, 0.5) is 11.6 Å². The van der Waals surface area contributed by atoms with Crippen LogP contribution in [0.1, 0.15) is 5.56 Å². The van der Waals surface area contributed by atoms with Crippen molar-refractivity contribution in [2.45, 2.75) is 0 Å². The van der Waals surface area contributed by atoms with Crippen LogP contribution in [0.3, 0.4) is 0 Å². The maximum absolute atomic E-state index is 9.01. The number of hydrogen-bond acceptors (Lipinski definition) is 5. The first kappa shape index (κ1) is 13.0. The predicted octanol–water partition coefficient (Wildman–Crippen LogP) is 3.56.